The highest BCUT2D eigenvalue weighted by Crippen LogP contribution is 2.46. The molecular weight excluding hydrogens is 597 g/mol. The molecule has 0 N–H and O–H groups in total. The Hall–Kier alpha value is -5.80. The van der Waals surface area contributed by atoms with Crippen LogP contribution in [0.3, 0.4) is 0 Å². The van der Waals surface area contributed by atoms with Crippen molar-refractivity contribution in [3.63, 3.8) is 0 Å². The van der Waals surface area contributed by atoms with Gasteiger partial charge in [-0.25, -0.2) is 0 Å². The molecule has 8 aromatic rings. The number of benzene rings is 7. The number of hydrogen-bond acceptors (Lipinski definition) is 3. The van der Waals surface area contributed by atoms with Crippen LogP contribution in [0.2, 0.25) is 0 Å². The van der Waals surface area contributed by atoms with Crippen LogP contribution in [0, 0.1) is 0 Å². The third-order valence-electron chi connectivity index (χ3n) is 9.60. The molecule has 0 saturated heterocycles. The Kier molecular flexibility index (Phi) is 7.89. The van der Waals surface area contributed by atoms with Crippen LogP contribution >= 0.6 is 0 Å². The summed E-state index contributed by atoms with van der Waals surface area (Å²) in [6.45, 7) is 8.94. The van der Waals surface area contributed by atoms with Crippen LogP contribution in [0.15, 0.2) is 162 Å². The molecule has 49 heavy (non-hydrogen) atoms. The summed E-state index contributed by atoms with van der Waals surface area (Å²) in [5.74, 6) is 0.942. The fourth-order valence-electron chi connectivity index (χ4n) is 6.98. The van der Waals surface area contributed by atoms with E-state index in [4.69, 9.17) is 4.42 Å². The van der Waals surface area contributed by atoms with E-state index in [1.165, 1.54) is 21.9 Å². The number of para-hydroxylation sites is 2. The van der Waals surface area contributed by atoms with Crippen LogP contribution in [-0.2, 0) is 0 Å². The molecule has 3 nitrogen and oxygen atoms in total. The first-order valence-corrected chi connectivity index (χ1v) is 17.2. The third kappa shape index (κ3) is 5.62. The van der Waals surface area contributed by atoms with Crippen LogP contribution in [0.5, 0.6) is 0 Å². The van der Waals surface area contributed by atoms with Crippen molar-refractivity contribution in [3.05, 3.63) is 169 Å². The van der Waals surface area contributed by atoms with Crippen molar-refractivity contribution in [1.82, 2.24) is 0 Å². The minimum atomic E-state index is 0.467. The zero-order valence-corrected chi connectivity index (χ0v) is 28.5. The molecule has 1 heterocycles. The zero-order chi connectivity index (χ0) is 33.5. The van der Waals surface area contributed by atoms with E-state index in [2.05, 4.69) is 195 Å². The topological polar surface area (TPSA) is 19.6 Å². The Labute approximate surface area is 288 Å². The predicted octanol–water partition coefficient (Wildman–Crippen LogP) is 13.9. The van der Waals surface area contributed by atoms with Gasteiger partial charge < -0.3 is 14.2 Å². The zero-order valence-electron chi connectivity index (χ0n) is 28.5. The van der Waals surface area contributed by atoms with Gasteiger partial charge in [0.2, 0.25) is 0 Å². The van der Waals surface area contributed by atoms with Crippen molar-refractivity contribution in [1.29, 1.82) is 0 Å². The van der Waals surface area contributed by atoms with Crippen LogP contribution in [-0.4, -0.2) is 0 Å². The maximum absolute atomic E-state index is 6.83. The van der Waals surface area contributed by atoms with Gasteiger partial charge in [0.1, 0.15) is 11.2 Å². The Morgan fingerprint density at radius 2 is 0.857 bits per heavy atom. The third-order valence-corrected chi connectivity index (χ3v) is 9.60. The van der Waals surface area contributed by atoms with Gasteiger partial charge in [0.15, 0.2) is 0 Å². The van der Waals surface area contributed by atoms with Gasteiger partial charge in [-0.2, -0.15) is 0 Å². The molecule has 0 aliphatic rings. The fourth-order valence-corrected chi connectivity index (χ4v) is 6.98. The average Bonchev–Trinajstić information content (AvgIpc) is 3.51. The molecule has 0 spiro atoms. The first-order valence-electron chi connectivity index (χ1n) is 17.2. The first-order chi connectivity index (χ1) is 24.0. The normalized spacial score (nSPS) is 11.6. The van der Waals surface area contributed by atoms with Crippen LogP contribution in [0.4, 0.5) is 34.1 Å². The van der Waals surface area contributed by atoms with E-state index in [1.54, 1.807) is 0 Å². The fraction of sp³-hybridized carbons (Fsp3) is 0.130. The maximum Gasteiger partial charge on any atom is 0.138 e. The summed E-state index contributed by atoms with van der Waals surface area (Å²) in [6, 6.07) is 56.6. The molecule has 0 atom stereocenters. The number of fused-ring (bicyclic) bond motifs is 5. The summed E-state index contributed by atoms with van der Waals surface area (Å²) in [4.78, 5) is 4.65. The second kappa shape index (κ2) is 12.7. The lowest BCUT2D eigenvalue weighted by molar-refractivity contribution is 0.669. The van der Waals surface area contributed by atoms with Crippen molar-refractivity contribution in [2.45, 2.75) is 39.5 Å². The highest BCUT2D eigenvalue weighted by Gasteiger charge is 2.21. The van der Waals surface area contributed by atoms with Crippen LogP contribution in [0.1, 0.15) is 50.7 Å². The number of nitrogens with zero attached hydrogens (tertiary/aromatic N) is 2. The number of furan rings is 1. The summed E-state index contributed by atoms with van der Waals surface area (Å²) < 4.78 is 6.83. The summed E-state index contributed by atoms with van der Waals surface area (Å²) in [6.07, 6.45) is 0. The highest BCUT2D eigenvalue weighted by molar-refractivity contribution is 6.22. The molecule has 0 aliphatic heterocycles. The monoisotopic (exact) mass is 636 g/mol. The van der Waals surface area contributed by atoms with Gasteiger partial charge in [-0.3, -0.25) is 0 Å². The Bertz CT molecular complexity index is 2370. The maximum atomic E-state index is 6.83. The van der Waals surface area contributed by atoms with Gasteiger partial charge in [-0.05, 0) is 89.0 Å². The van der Waals surface area contributed by atoms with Gasteiger partial charge in [0.05, 0.1) is 5.69 Å². The van der Waals surface area contributed by atoms with Crippen molar-refractivity contribution in [2.24, 2.45) is 0 Å². The largest absolute Gasteiger partial charge is 0.456 e. The minimum Gasteiger partial charge on any atom is -0.456 e. The molecule has 0 amide bonds. The van der Waals surface area contributed by atoms with Crippen LogP contribution in [0.25, 0.3) is 32.7 Å². The summed E-state index contributed by atoms with van der Waals surface area (Å²) in [5.41, 5.74) is 10.9. The second-order valence-electron chi connectivity index (χ2n) is 13.4. The van der Waals surface area contributed by atoms with Gasteiger partial charge in [0, 0.05) is 56.7 Å². The van der Waals surface area contributed by atoms with E-state index in [-0.39, 0.29) is 0 Å². The van der Waals surface area contributed by atoms with Gasteiger partial charge >= 0.3 is 0 Å². The van der Waals surface area contributed by atoms with Crippen molar-refractivity contribution >= 4 is 66.8 Å². The molecule has 8 rings (SSSR count). The molecular formula is C46H40N2O. The quantitative estimate of drug-likeness (QED) is 0.165. The Balaban J connectivity index is 1.32. The molecule has 240 valence electrons. The molecule has 0 unspecified atom stereocenters. The van der Waals surface area contributed by atoms with Crippen molar-refractivity contribution in [2.75, 3.05) is 9.80 Å². The molecule has 3 heteroatoms. The van der Waals surface area contributed by atoms with Crippen LogP contribution < -0.4 is 9.80 Å². The number of hydrogen-bond donors (Lipinski definition) is 0. The van der Waals surface area contributed by atoms with E-state index >= 15 is 0 Å². The molecule has 0 aliphatic carbocycles. The molecule has 0 bridgehead atoms. The summed E-state index contributed by atoms with van der Waals surface area (Å²) >= 11 is 0. The molecule has 1 aromatic heterocycles. The molecule has 0 fully saturated rings. The minimum absolute atomic E-state index is 0.467. The standard InChI is InChI=1S/C46H40N2O/c1-31(2)33-19-23-37(24-20-33)47(35-13-7-5-8-14-35)39-27-28-42-44(29-39)49-45-30-43(40-17-11-12-18-41(40)46(42)45)48(36-15-9-6-10-16-36)38-25-21-34(22-26-38)32(3)4/h5-32H,1-4H3. The van der Waals surface area contributed by atoms with E-state index in [0.717, 1.165) is 56.1 Å². The van der Waals surface area contributed by atoms with E-state index in [9.17, 15) is 0 Å². The van der Waals surface area contributed by atoms with Gasteiger partial charge in [-0.15, -0.1) is 0 Å². The second-order valence-corrected chi connectivity index (χ2v) is 13.4. The van der Waals surface area contributed by atoms with E-state index in [1.807, 2.05) is 0 Å². The highest BCUT2D eigenvalue weighted by atomic mass is 16.3. The van der Waals surface area contributed by atoms with Gasteiger partial charge in [-0.1, -0.05) is 113 Å². The Morgan fingerprint density at radius 3 is 1.43 bits per heavy atom. The molecule has 0 saturated carbocycles. The average molecular weight is 637 g/mol. The summed E-state index contributed by atoms with van der Waals surface area (Å²) in [5, 5.41) is 4.59. The van der Waals surface area contributed by atoms with E-state index < -0.39 is 0 Å². The lowest BCUT2D eigenvalue weighted by Crippen LogP contribution is -2.10. The first kappa shape index (κ1) is 30.5. The summed E-state index contributed by atoms with van der Waals surface area (Å²) in [7, 11) is 0. The molecule has 0 radical (unpaired) electrons. The van der Waals surface area contributed by atoms with Crippen molar-refractivity contribution < 1.29 is 4.42 Å². The SMILES string of the molecule is CC(C)c1ccc(N(c2ccccc2)c2ccc3c(c2)oc2cc(N(c4ccccc4)c4ccc(C(C)C)cc4)c4ccccc4c23)cc1. The van der Waals surface area contributed by atoms with Crippen molar-refractivity contribution in [3.8, 4) is 0 Å². The van der Waals surface area contributed by atoms with Gasteiger partial charge in [0.25, 0.3) is 0 Å². The number of anilines is 6. The smallest absolute Gasteiger partial charge is 0.138 e. The Morgan fingerprint density at radius 1 is 0.388 bits per heavy atom. The van der Waals surface area contributed by atoms with E-state index in [0.29, 0.717) is 11.8 Å². The predicted molar refractivity (Wildman–Crippen MR) is 209 cm³/mol. The lowest BCUT2D eigenvalue weighted by atomic mass is 9.99. The lowest BCUT2D eigenvalue weighted by Gasteiger charge is -2.27. The molecule has 7 aromatic carbocycles. The number of rotatable bonds is 8.